The fourth-order valence-electron chi connectivity index (χ4n) is 5.18. The Morgan fingerprint density at radius 2 is 1.89 bits per heavy atom. The maximum absolute atomic E-state index is 12.1. The summed E-state index contributed by atoms with van der Waals surface area (Å²) < 4.78 is 0. The van der Waals surface area contributed by atoms with Crippen molar-refractivity contribution in [3.05, 3.63) is 36.2 Å². The molecule has 11 nitrogen and oxygen atoms in total. The van der Waals surface area contributed by atoms with Gasteiger partial charge in [0.1, 0.15) is 5.82 Å². The molecule has 1 amide bonds. The first-order valence-corrected chi connectivity index (χ1v) is 12.4. The van der Waals surface area contributed by atoms with Gasteiger partial charge in [-0.2, -0.15) is 0 Å². The van der Waals surface area contributed by atoms with Crippen molar-refractivity contribution in [1.82, 2.24) is 25.1 Å². The van der Waals surface area contributed by atoms with Gasteiger partial charge < -0.3 is 31.3 Å². The van der Waals surface area contributed by atoms with Crippen LogP contribution in [0.5, 0.6) is 0 Å². The lowest BCUT2D eigenvalue weighted by molar-refractivity contribution is -0.0669. The van der Waals surface area contributed by atoms with E-state index in [1.807, 2.05) is 24.1 Å². The number of hydrogen-bond acceptors (Lipinski definition) is 10. The fraction of sp³-hybridized carbons (Fsp3) is 0.542. The molecule has 0 spiro atoms. The third-order valence-electron chi connectivity index (χ3n) is 7.20. The van der Waals surface area contributed by atoms with Crippen LogP contribution in [0.15, 0.2) is 30.5 Å². The number of nitrogens with zero attached hydrogens (tertiary/aromatic N) is 6. The number of aromatic nitrogens is 2. The Bertz CT molecular complexity index is 1030. The van der Waals surface area contributed by atoms with Crippen LogP contribution in [0.2, 0.25) is 0 Å². The number of carbonyl (C=O) groups is 1. The minimum absolute atomic E-state index is 0.116. The number of anilines is 4. The van der Waals surface area contributed by atoms with E-state index in [0.717, 1.165) is 70.9 Å². The van der Waals surface area contributed by atoms with E-state index in [1.54, 1.807) is 6.20 Å². The van der Waals surface area contributed by atoms with Crippen molar-refractivity contribution < 1.29 is 9.90 Å². The van der Waals surface area contributed by atoms with E-state index in [0.29, 0.717) is 11.6 Å². The average Bonchev–Trinajstić information content (AvgIpc) is 3.23. The monoisotopic (exact) mass is 481 g/mol. The van der Waals surface area contributed by atoms with E-state index in [-0.39, 0.29) is 11.7 Å². The number of rotatable bonds is 6. The third kappa shape index (κ3) is 5.18. The van der Waals surface area contributed by atoms with Crippen LogP contribution >= 0.6 is 0 Å². The number of benzene rings is 1. The lowest BCUT2D eigenvalue weighted by Gasteiger charge is -2.39. The van der Waals surface area contributed by atoms with Crippen LogP contribution in [0.3, 0.4) is 0 Å². The molecule has 0 saturated carbocycles. The summed E-state index contributed by atoms with van der Waals surface area (Å²) in [6.45, 7) is 7.21. The van der Waals surface area contributed by atoms with Crippen LogP contribution in [-0.2, 0) is 0 Å². The highest BCUT2D eigenvalue weighted by molar-refractivity contribution is 5.96. The minimum atomic E-state index is -0.622. The molecule has 11 heteroatoms. The van der Waals surface area contributed by atoms with Crippen LogP contribution in [0, 0.1) is 0 Å². The molecule has 3 saturated heterocycles. The van der Waals surface area contributed by atoms with E-state index in [4.69, 9.17) is 10.7 Å². The standard InChI is InChI=1S/C24H35N9O2/c1-30-13-14-33(24(30)35)19-3-2-10-32(16-19)20-15-27-21(22(25)34)23(29-20)28-17-4-6-18(7-5-17)31-11-8-26-9-12-31/h4-7,15,19,24,26,35H,2-3,8-14,16H2,1H3,(H2,25,34)(H,28,29)/t19-,24?/m1/s1. The summed E-state index contributed by atoms with van der Waals surface area (Å²) in [6, 6.07) is 8.35. The van der Waals surface area contributed by atoms with Crippen molar-refractivity contribution in [2.75, 3.05) is 74.5 Å². The van der Waals surface area contributed by atoms with Gasteiger partial charge in [-0.05, 0) is 44.2 Å². The number of nitrogens with two attached hydrogens (primary N) is 1. The predicted molar refractivity (Wildman–Crippen MR) is 136 cm³/mol. The molecule has 3 aliphatic rings. The van der Waals surface area contributed by atoms with Crippen LogP contribution < -0.4 is 26.2 Å². The number of carbonyl (C=O) groups excluding carboxylic acids is 1. The van der Waals surface area contributed by atoms with Crippen LogP contribution in [0.25, 0.3) is 0 Å². The molecule has 3 aliphatic heterocycles. The van der Waals surface area contributed by atoms with Gasteiger partial charge in [-0.3, -0.25) is 14.6 Å². The minimum Gasteiger partial charge on any atom is -0.369 e. The molecule has 2 atom stereocenters. The van der Waals surface area contributed by atoms with Crippen LogP contribution in [0.1, 0.15) is 23.3 Å². The number of amides is 1. The molecule has 5 rings (SSSR count). The summed E-state index contributed by atoms with van der Waals surface area (Å²) in [4.78, 5) is 29.8. The summed E-state index contributed by atoms with van der Waals surface area (Å²) >= 11 is 0. The number of likely N-dealkylation sites (N-methyl/N-ethyl adjacent to an activating group) is 1. The summed E-state index contributed by atoms with van der Waals surface area (Å²) in [6.07, 6.45) is 3.09. The molecule has 3 fully saturated rings. The van der Waals surface area contributed by atoms with E-state index in [1.165, 1.54) is 5.69 Å². The molecule has 4 heterocycles. The number of primary amides is 1. The molecule has 1 unspecified atom stereocenters. The highest BCUT2D eigenvalue weighted by atomic mass is 16.3. The average molecular weight is 482 g/mol. The summed E-state index contributed by atoms with van der Waals surface area (Å²) in [7, 11) is 1.94. The molecule has 5 N–H and O–H groups in total. The van der Waals surface area contributed by atoms with Crippen LogP contribution in [-0.4, -0.2) is 103 Å². The second-order valence-electron chi connectivity index (χ2n) is 9.51. The third-order valence-corrected chi connectivity index (χ3v) is 7.20. The van der Waals surface area contributed by atoms with Gasteiger partial charge in [0.15, 0.2) is 17.9 Å². The van der Waals surface area contributed by atoms with Gasteiger partial charge >= 0.3 is 0 Å². The van der Waals surface area contributed by atoms with E-state index < -0.39 is 12.3 Å². The van der Waals surface area contributed by atoms with Crippen LogP contribution in [0.4, 0.5) is 23.0 Å². The van der Waals surface area contributed by atoms with E-state index in [9.17, 15) is 9.90 Å². The zero-order chi connectivity index (χ0) is 24.4. The Hall–Kier alpha value is -2.99. The van der Waals surface area contributed by atoms with Gasteiger partial charge in [-0.25, -0.2) is 9.97 Å². The summed E-state index contributed by atoms with van der Waals surface area (Å²) in [5.41, 5.74) is 7.71. The molecule has 1 aromatic heterocycles. The molecule has 35 heavy (non-hydrogen) atoms. The molecule has 188 valence electrons. The molecule has 0 radical (unpaired) electrons. The lowest BCUT2D eigenvalue weighted by Crippen LogP contribution is -2.51. The van der Waals surface area contributed by atoms with Gasteiger partial charge in [0, 0.05) is 69.8 Å². The lowest BCUT2D eigenvalue weighted by atomic mass is 10.0. The second-order valence-corrected chi connectivity index (χ2v) is 9.51. The molecule has 0 aliphatic carbocycles. The van der Waals surface area contributed by atoms with Crippen molar-refractivity contribution in [3.8, 4) is 0 Å². The smallest absolute Gasteiger partial charge is 0.271 e. The number of hydrogen-bond donors (Lipinski definition) is 4. The fourth-order valence-corrected chi connectivity index (χ4v) is 5.18. The van der Waals surface area contributed by atoms with Crippen molar-refractivity contribution in [2.24, 2.45) is 5.73 Å². The van der Waals surface area contributed by atoms with Crippen molar-refractivity contribution in [1.29, 1.82) is 0 Å². The Kier molecular flexibility index (Phi) is 7.00. The number of aliphatic hydroxyl groups excluding tert-OH is 1. The van der Waals surface area contributed by atoms with Gasteiger partial charge in [0.2, 0.25) is 0 Å². The first kappa shape index (κ1) is 23.7. The number of piperidine rings is 1. The quantitative estimate of drug-likeness (QED) is 0.455. The summed E-state index contributed by atoms with van der Waals surface area (Å²) in [5, 5.41) is 17.1. The zero-order valence-electron chi connectivity index (χ0n) is 20.2. The van der Waals surface area contributed by atoms with E-state index >= 15 is 0 Å². The number of piperazine rings is 1. The first-order valence-electron chi connectivity index (χ1n) is 12.4. The molecule has 0 bridgehead atoms. The largest absolute Gasteiger partial charge is 0.369 e. The second kappa shape index (κ2) is 10.3. The molecule has 1 aromatic carbocycles. The zero-order valence-corrected chi connectivity index (χ0v) is 20.2. The topological polar surface area (TPSA) is 126 Å². The van der Waals surface area contributed by atoms with Gasteiger partial charge in [-0.1, -0.05) is 0 Å². The van der Waals surface area contributed by atoms with Gasteiger partial charge in [-0.15, -0.1) is 0 Å². The van der Waals surface area contributed by atoms with Crippen molar-refractivity contribution in [3.63, 3.8) is 0 Å². The first-order chi connectivity index (χ1) is 17.0. The normalized spacial score (nSPS) is 24.1. The Morgan fingerprint density at radius 1 is 1.11 bits per heavy atom. The Morgan fingerprint density at radius 3 is 2.57 bits per heavy atom. The van der Waals surface area contributed by atoms with Crippen molar-refractivity contribution in [2.45, 2.75) is 25.2 Å². The number of aliphatic hydroxyl groups is 1. The van der Waals surface area contributed by atoms with E-state index in [2.05, 4.69) is 42.5 Å². The van der Waals surface area contributed by atoms with Gasteiger partial charge in [0.25, 0.3) is 5.91 Å². The SMILES string of the molecule is CN1CCN([C@@H]2CCCN(c3cnc(C(N)=O)c(Nc4ccc(N5CCNCC5)cc4)n3)C2)C1O. The molecular formula is C24H35N9O2. The highest BCUT2D eigenvalue weighted by Crippen LogP contribution is 2.27. The van der Waals surface area contributed by atoms with Crippen molar-refractivity contribution >= 4 is 28.9 Å². The highest BCUT2D eigenvalue weighted by Gasteiger charge is 2.35. The van der Waals surface area contributed by atoms with Gasteiger partial charge in [0.05, 0.1) is 6.20 Å². The molecule has 2 aromatic rings. The maximum Gasteiger partial charge on any atom is 0.271 e. The predicted octanol–water partition coefficient (Wildman–Crippen LogP) is 0.221. The Labute approximate surface area is 205 Å². The summed E-state index contributed by atoms with van der Waals surface area (Å²) in [5.74, 6) is 0.429. The maximum atomic E-state index is 12.1. The Balaban J connectivity index is 1.32. The molecular weight excluding hydrogens is 446 g/mol. The number of nitrogens with one attached hydrogen (secondary N) is 2.